The Labute approximate surface area is 169 Å². The molecular weight excluding hydrogens is 364 g/mol. The van der Waals surface area contributed by atoms with Crippen LogP contribution in [0.25, 0.3) is 0 Å². The van der Waals surface area contributed by atoms with Crippen molar-refractivity contribution >= 4 is 39.6 Å². The maximum absolute atomic E-state index is 4.84. The zero-order valence-corrected chi connectivity index (χ0v) is 16.3. The quantitative estimate of drug-likeness (QED) is 0.635. The number of hydrogen-bond donors (Lipinski definition) is 2. The van der Waals surface area contributed by atoms with Crippen LogP contribution in [0.1, 0.15) is 5.56 Å². The van der Waals surface area contributed by atoms with E-state index in [2.05, 4.69) is 82.3 Å². The molecule has 0 spiro atoms. The molecule has 3 aromatic rings. The van der Waals surface area contributed by atoms with E-state index in [1.54, 1.807) is 0 Å². The van der Waals surface area contributed by atoms with E-state index in [4.69, 9.17) is 4.99 Å². The summed E-state index contributed by atoms with van der Waals surface area (Å²) in [4.78, 5) is 7.30. The van der Waals surface area contributed by atoms with Gasteiger partial charge in [-0.25, -0.2) is 4.99 Å². The normalized spacial score (nSPS) is 17.2. The van der Waals surface area contributed by atoms with Crippen molar-refractivity contribution in [2.75, 3.05) is 27.8 Å². The summed E-state index contributed by atoms with van der Waals surface area (Å²) in [5, 5.41) is 8.30. The maximum atomic E-state index is 4.84. The summed E-state index contributed by atoms with van der Waals surface area (Å²) in [6, 6.07) is 27.4. The number of anilines is 3. The average Bonchev–Trinajstić information content (AvgIpc) is 3.10. The van der Waals surface area contributed by atoms with Gasteiger partial charge in [0.15, 0.2) is 0 Å². The fourth-order valence-corrected chi connectivity index (χ4v) is 4.65. The smallest absolute Gasteiger partial charge is 0.109 e. The second-order valence-electron chi connectivity index (χ2n) is 6.98. The standard InChI is InChI=1S/C23H22N4S/c1-2-8-17(9-3-1)15-27-21-13-7-6-12-20(21)25-22(27)16-28-23-14-24-18-10-4-5-11-19(18)26-23/h1-13,22,24-25H,14-16H2. The van der Waals surface area contributed by atoms with Crippen LogP contribution in [0.4, 0.5) is 22.7 Å². The zero-order chi connectivity index (χ0) is 18.8. The third-order valence-corrected chi connectivity index (χ3v) is 6.15. The molecule has 2 aliphatic rings. The summed E-state index contributed by atoms with van der Waals surface area (Å²) in [5.74, 6) is 0.935. The molecule has 0 saturated carbocycles. The molecule has 0 radical (unpaired) electrons. The molecule has 5 rings (SSSR count). The van der Waals surface area contributed by atoms with Crippen molar-refractivity contribution in [1.82, 2.24) is 0 Å². The zero-order valence-electron chi connectivity index (χ0n) is 15.5. The first-order valence-electron chi connectivity index (χ1n) is 9.56. The molecule has 4 nitrogen and oxygen atoms in total. The molecule has 1 unspecified atom stereocenters. The highest BCUT2D eigenvalue weighted by molar-refractivity contribution is 8.14. The van der Waals surface area contributed by atoms with Gasteiger partial charge < -0.3 is 15.5 Å². The minimum Gasteiger partial charge on any atom is -0.377 e. The lowest BCUT2D eigenvalue weighted by Gasteiger charge is -2.27. The molecule has 2 heterocycles. The molecule has 0 fully saturated rings. The molecular formula is C23H22N4S. The molecule has 0 aliphatic carbocycles. The monoisotopic (exact) mass is 386 g/mol. The second-order valence-corrected chi connectivity index (χ2v) is 8.07. The van der Waals surface area contributed by atoms with E-state index in [0.29, 0.717) is 0 Å². The first kappa shape index (κ1) is 17.2. The summed E-state index contributed by atoms with van der Waals surface area (Å²) in [5.41, 5.74) is 5.94. The van der Waals surface area contributed by atoms with Crippen LogP contribution in [-0.4, -0.2) is 23.5 Å². The van der Waals surface area contributed by atoms with Gasteiger partial charge in [0.1, 0.15) is 6.17 Å². The van der Waals surface area contributed by atoms with Gasteiger partial charge >= 0.3 is 0 Å². The fraction of sp³-hybridized carbons (Fsp3) is 0.174. The Kier molecular flexibility index (Phi) is 4.67. The van der Waals surface area contributed by atoms with Crippen LogP contribution in [0, 0.1) is 0 Å². The third kappa shape index (κ3) is 3.45. The van der Waals surface area contributed by atoms with Crippen LogP contribution in [0.5, 0.6) is 0 Å². The fourth-order valence-electron chi connectivity index (χ4n) is 3.70. The summed E-state index contributed by atoms with van der Waals surface area (Å²) in [6.07, 6.45) is 0.238. The number of aliphatic imine (C=N–C) groups is 1. The van der Waals surface area contributed by atoms with E-state index in [9.17, 15) is 0 Å². The van der Waals surface area contributed by atoms with Crippen molar-refractivity contribution in [2.45, 2.75) is 12.7 Å². The van der Waals surface area contributed by atoms with Crippen LogP contribution in [0.2, 0.25) is 0 Å². The lowest BCUT2D eigenvalue weighted by molar-refractivity contribution is 0.733. The van der Waals surface area contributed by atoms with Gasteiger partial charge in [0.05, 0.1) is 34.3 Å². The molecule has 3 aromatic carbocycles. The van der Waals surface area contributed by atoms with Gasteiger partial charge in [0.2, 0.25) is 0 Å². The molecule has 140 valence electrons. The van der Waals surface area contributed by atoms with E-state index in [1.165, 1.54) is 16.9 Å². The average molecular weight is 387 g/mol. The Balaban J connectivity index is 1.33. The first-order valence-corrected chi connectivity index (χ1v) is 10.5. The van der Waals surface area contributed by atoms with E-state index in [0.717, 1.165) is 35.3 Å². The van der Waals surface area contributed by atoms with Crippen LogP contribution in [0.15, 0.2) is 83.9 Å². The predicted octanol–water partition coefficient (Wildman–Crippen LogP) is 5.33. The Morgan fingerprint density at radius 3 is 2.54 bits per heavy atom. The first-order chi connectivity index (χ1) is 13.9. The summed E-state index contributed by atoms with van der Waals surface area (Å²) in [6.45, 7) is 1.68. The van der Waals surface area contributed by atoms with Crippen LogP contribution < -0.4 is 15.5 Å². The number of hydrogen-bond acceptors (Lipinski definition) is 5. The Morgan fingerprint density at radius 2 is 1.64 bits per heavy atom. The summed E-state index contributed by atoms with van der Waals surface area (Å²) < 4.78 is 0. The molecule has 5 heteroatoms. The lowest BCUT2D eigenvalue weighted by atomic mass is 10.2. The minimum absolute atomic E-state index is 0.238. The third-order valence-electron chi connectivity index (χ3n) is 5.09. The number of para-hydroxylation sites is 4. The number of nitrogens with one attached hydrogen (secondary N) is 2. The van der Waals surface area contributed by atoms with Gasteiger partial charge in [-0.05, 0) is 29.8 Å². The topological polar surface area (TPSA) is 39.7 Å². The van der Waals surface area contributed by atoms with Crippen LogP contribution in [0.3, 0.4) is 0 Å². The minimum atomic E-state index is 0.238. The van der Waals surface area contributed by atoms with Gasteiger partial charge in [-0.3, -0.25) is 0 Å². The van der Waals surface area contributed by atoms with Crippen LogP contribution >= 0.6 is 11.8 Å². The van der Waals surface area contributed by atoms with E-state index < -0.39 is 0 Å². The molecule has 2 N–H and O–H groups in total. The molecule has 2 aliphatic heterocycles. The van der Waals surface area contributed by atoms with Crippen LogP contribution in [-0.2, 0) is 6.54 Å². The van der Waals surface area contributed by atoms with Gasteiger partial charge in [0.25, 0.3) is 0 Å². The largest absolute Gasteiger partial charge is 0.377 e. The summed E-state index contributed by atoms with van der Waals surface area (Å²) in [7, 11) is 0. The molecule has 0 aromatic heterocycles. The molecule has 0 saturated heterocycles. The second kappa shape index (κ2) is 7.60. The van der Waals surface area contributed by atoms with Crippen molar-refractivity contribution in [3.8, 4) is 0 Å². The molecule has 0 bridgehead atoms. The van der Waals surface area contributed by atoms with Gasteiger partial charge in [-0.1, -0.05) is 54.6 Å². The van der Waals surface area contributed by atoms with Gasteiger partial charge in [0, 0.05) is 12.3 Å². The predicted molar refractivity (Wildman–Crippen MR) is 121 cm³/mol. The van der Waals surface area contributed by atoms with Crippen molar-refractivity contribution in [1.29, 1.82) is 0 Å². The van der Waals surface area contributed by atoms with Gasteiger partial charge in [-0.15, -0.1) is 11.8 Å². The highest BCUT2D eigenvalue weighted by Gasteiger charge is 2.29. The highest BCUT2D eigenvalue weighted by atomic mass is 32.2. The number of fused-ring (bicyclic) bond motifs is 2. The van der Waals surface area contributed by atoms with Crippen molar-refractivity contribution in [2.24, 2.45) is 4.99 Å². The number of rotatable bonds is 4. The Morgan fingerprint density at radius 1 is 0.893 bits per heavy atom. The number of benzene rings is 3. The highest BCUT2D eigenvalue weighted by Crippen LogP contribution is 2.37. The SMILES string of the molecule is c1ccc(CN2c3ccccc3NC2CSC2=Nc3ccccc3NC2)cc1. The Bertz CT molecular complexity index is 1000. The van der Waals surface area contributed by atoms with Crippen molar-refractivity contribution in [3.05, 3.63) is 84.4 Å². The lowest BCUT2D eigenvalue weighted by Crippen LogP contribution is -2.37. The molecule has 0 amide bonds. The summed E-state index contributed by atoms with van der Waals surface area (Å²) >= 11 is 1.83. The van der Waals surface area contributed by atoms with Crippen molar-refractivity contribution in [3.63, 3.8) is 0 Å². The van der Waals surface area contributed by atoms with Gasteiger partial charge in [-0.2, -0.15) is 0 Å². The van der Waals surface area contributed by atoms with E-state index >= 15 is 0 Å². The van der Waals surface area contributed by atoms with E-state index in [-0.39, 0.29) is 6.17 Å². The molecule has 28 heavy (non-hydrogen) atoms. The number of thioether (sulfide) groups is 1. The number of nitrogens with zero attached hydrogens (tertiary/aromatic N) is 2. The van der Waals surface area contributed by atoms with Crippen molar-refractivity contribution < 1.29 is 0 Å². The maximum Gasteiger partial charge on any atom is 0.109 e. The Hall–Kier alpha value is -2.92. The molecule has 1 atom stereocenters. The van der Waals surface area contributed by atoms with E-state index in [1.807, 2.05) is 23.9 Å².